The van der Waals surface area contributed by atoms with E-state index in [0.29, 0.717) is 19.0 Å². The number of carbonyl (C=O) groups excluding carboxylic acids is 3. The summed E-state index contributed by atoms with van der Waals surface area (Å²) in [7, 11) is 0. The van der Waals surface area contributed by atoms with Gasteiger partial charge in [0.25, 0.3) is 11.4 Å². The molecule has 228 valence electrons. The lowest BCUT2D eigenvalue weighted by atomic mass is 10.1. The molecule has 0 bridgehead atoms. The fourth-order valence-corrected chi connectivity index (χ4v) is 2.34. The number of nitro groups is 2. The van der Waals surface area contributed by atoms with Gasteiger partial charge in [-0.2, -0.15) is 26.3 Å². The summed E-state index contributed by atoms with van der Waals surface area (Å²) in [6, 6.07) is 11.8. The van der Waals surface area contributed by atoms with Crippen molar-refractivity contribution in [3.8, 4) is 0 Å². The normalized spacial score (nSPS) is 10.3. The van der Waals surface area contributed by atoms with Crippen LogP contribution in [0.4, 0.5) is 37.7 Å². The lowest BCUT2D eigenvalue weighted by molar-refractivity contribution is -0.385. The van der Waals surface area contributed by atoms with E-state index >= 15 is 0 Å². The van der Waals surface area contributed by atoms with Crippen molar-refractivity contribution in [3.63, 3.8) is 0 Å². The molecule has 0 aromatic heterocycles. The van der Waals surface area contributed by atoms with Crippen LogP contribution in [-0.4, -0.2) is 53.1 Å². The molecular formula is C22H23ClF6N4O8. The minimum atomic E-state index is -5.09. The topological polar surface area (TPSA) is 185 Å². The number of alkyl halides is 6. The quantitative estimate of drug-likeness (QED) is 0.152. The fraction of sp³-hybridized carbons (Fsp3) is 0.318. The number of nitro benzene ring substituents is 2. The largest absolute Gasteiger partial charge is 0.491 e. The molecule has 0 aliphatic rings. The molecule has 0 unspecified atom stereocenters. The summed E-state index contributed by atoms with van der Waals surface area (Å²) in [6.45, 7) is 1.09. The maximum atomic E-state index is 11.8. The van der Waals surface area contributed by atoms with Crippen LogP contribution in [0, 0.1) is 20.2 Å². The van der Waals surface area contributed by atoms with E-state index in [9.17, 15) is 61.0 Å². The molecule has 0 aliphatic heterocycles. The van der Waals surface area contributed by atoms with Crippen molar-refractivity contribution >= 4 is 41.6 Å². The van der Waals surface area contributed by atoms with E-state index in [1.165, 1.54) is 36.4 Å². The highest BCUT2D eigenvalue weighted by molar-refractivity contribution is 5.87. The Bertz CT molecular complexity index is 1160. The summed E-state index contributed by atoms with van der Waals surface area (Å²) < 4.78 is 72.2. The first-order chi connectivity index (χ1) is 18.4. The van der Waals surface area contributed by atoms with Crippen LogP contribution in [0.25, 0.3) is 0 Å². The van der Waals surface area contributed by atoms with Crippen LogP contribution in [0.15, 0.2) is 48.5 Å². The molecule has 3 N–H and O–H groups in total. The number of esters is 2. The van der Waals surface area contributed by atoms with Crippen LogP contribution >= 0.6 is 12.4 Å². The third kappa shape index (κ3) is 17.1. The predicted octanol–water partition coefficient (Wildman–Crippen LogP) is 3.97. The number of nitrogens with one attached hydrogen (secondary N) is 1. The summed E-state index contributed by atoms with van der Waals surface area (Å²) in [5.74, 6) is -5.76. The Balaban J connectivity index is 0. The van der Waals surface area contributed by atoms with E-state index in [1.807, 2.05) is 0 Å². The number of ether oxygens (including phenoxy) is 1. The Morgan fingerprint density at radius 3 is 1.46 bits per heavy atom. The van der Waals surface area contributed by atoms with Crippen LogP contribution in [0.1, 0.15) is 18.1 Å². The van der Waals surface area contributed by atoms with E-state index in [1.54, 1.807) is 17.4 Å². The second-order valence-corrected chi connectivity index (χ2v) is 7.27. The molecule has 0 aliphatic carbocycles. The van der Waals surface area contributed by atoms with Crippen LogP contribution in [0.3, 0.4) is 0 Å². The molecule has 0 heterocycles. The molecule has 19 heteroatoms. The van der Waals surface area contributed by atoms with Gasteiger partial charge in [0, 0.05) is 37.7 Å². The number of rotatable bonds is 7. The molecule has 0 atom stereocenters. The number of carbonyl (C=O) groups is 3. The van der Waals surface area contributed by atoms with Gasteiger partial charge in [0.05, 0.1) is 9.85 Å². The standard InChI is InChI=1S/C10H9F3N2O3.C8H10N2O2.C4H3F3O3.ClH/c11-10(12,13)9(16)14-6-5-7-1-3-8(4-2-7)15(17)18;9-6-5-7-1-3-8(4-2-7)10(11)12;1-2(8)10-3(9)4(5,6)7;/h1-4H,5-6H2,(H,14,16);1-4H,5-6,9H2;1H3;1H. The molecule has 12 nitrogen and oxygen atoms in total. The third-order valence-electron chi connectivity index (χ3n) is 4.15. The fourth-order valence-electron chi connectivity index (χ4n) is 2.34. The molecule has 0 spiro atoms. The van der Waals surface area contributed by atoms with Gasteiger partial charge in [-0.1, -0.05) is 24.3 Å². The number of nitrogens with two attached hydrogens (primary N) is 1. The molecule has 0 saturated carbocycles. The molecule has 41 heavy (non-hydrogen) atoms. The highest BCUT2D eigenvalue weighted by Gasteiger charge is 2.41. The second-order valence-electron chi connectivity index (χ2n) is 7.27. The van der Waals surface area contributed by atoms with Gasteiger partial charge in [0.2, 0.25) is 0 Å². The molecule has 1 amide bonds. The zero-order chi connectivity index (χ0) is 31.1. The van der Waals surface area contributed by atoms with Gasteiger partial charge >= 0.3 is 30.2 Å². The molecule has 0 radical (unpaired) electrons. The Kier molecular flexibility index (Phi) is 17.1. The Hall–Kier alpha value is -4.32. The number of hydrogen-bond acceptors (Lipinski definition) is 9. The van der Waals surface area contributed by atoms with Crippen molar-refractivity contribution in [2.45, 2.75) is 32.1 Å². The van der Waals surface area contributed by atoms with Crippen molar-refractivity contribution in [1.82, 2.24) is 5.32 Å². The second kappa shape index (κ2) is 18.1. The number of benzene rings is 2. The van der Waals surface area contributed by atoms with E-state index in [2.05, 4.69) is 4.74 Å². The van der Waals surface area contributed by atoms with Crippen molar-refractivity contribution in [2.24, 2.45) is 5.73 Å². The lowest BCUT2D eigenvalue weighted by Gasteiger charge is -2.07. The lowest BCUT2D eigenvalue weighted by Crippen LogP contribution is -2.37. The van der Waals surface area contributed by atoms with E-state index in [0.717, 1.165) is 12.0 Å². The predicted molar refractivity (Wildman–Crippen MR) is 132 cm³/mol. The third-order valence-corrected chi connectivity index (χ3v) is 4.15. The Morgan fingerprint density at radius 2 is 1.20 bits per heavy atom. The maximum absolute atomic E-state index is 11.8. The van der Waals surface area contributed by atoms with E-state index in [-0.39, 0.29) is 36.7 Å². The molecule has 0 fully saturated rings. The minimum Gasteiger partial charge on any atom is -0.387 e. The summed E-state index contributed by atoms with van der Waals surface area (Å²) in [4.78, 5) is 49.6. The van der Waals surface area contributed by atoms with Gasteiger partial charge < -0.3 is 15.8 Å². The summed E-state index contributed by atoms with van der Waals surface area (Å²) in [6.07, 6.45) is -9.06. The summed E-state index contributed by atoms with van der Waals surface area (Å²) >= 11 is 0. The zero-order valence-corrected chi connectivity index (χ0v) is 21.7. The van der Waals surface area contributed by atoms with E-state index < -0.39 is 40.0 Å². The SMILES string of the molecule is CC(=O)OC(=O)C(F)(F)F.Cl.NCCc1ccc([N+](=O)[O-])cc1.O=C(NCCc1ccc([N+](=O)[O-])cc1)C(F)(F)F. The van der Waals surface area contributed by atoms with Gasteiger partial charge in [0.15, 0.2) is 0 Å². The molecule has 0 saturated heterocycles. The number of hydrogen-bond donors (Lipinski definition) is 2. The summed E-state index contributed by atoms with van der Waals surface area (Å²) in [5, 5.41) is 22.3. The summed E-state index contributed by atoms with van der Waals surface area (Å²) in [5.41, 5.74) is 6.98. The maximum Gasteiger partial charge on any atom is 0.491 e. The highest BCUT2D eigenvalue weighted by Crippen LogP contribution is 2.16. The number of amides is 1. The highest BCUT2D eigenvalue weighted by atomic mass is 35.5. The van der Waals surface area contributed by atoms with Crippen molar-refractivity contribution in [3.05, 3.63) is 79.9 Å². The van der Waals surface area contributed by atoms with Crippen LogP contribution in [0.2, 0.25) is 0 Å². The van der Waals surface area contributed by atoms with E-state index in [4.69, 9.17) is 5.73 Å². The first kappa shape index (κ1) is 38.8. The van der Waals surface area contributed by atoms with Crippen molar-refractivity contribution in [2.75, 3.05) is 13.1 Å². The number of non-ortho nitro benzene ring substituents is 2. The smallest absolute Gasteiger partial charge is 0.387 e. The average molecular weight is 621 g/mol. The van der Waals surface area contributed by atoms with Gasteiger partial charge in [-0.3, -0.25) is 29.8 Å². The monoisotopic (exact) mass is 620 g/mol. The average Bonchev–Trinajstić information content (AvgIpc) is 2.84. The van der Waals surface area contributed by atoms with Crippen LogP contribution < -0.4 is 11.1 Å². The van der Waals surface area contributed by atoms with Crippen LogP contribution in [0.5, 0.6) is 0 Å². The molecule has 2 rings (SSSR count). The first-order valence-corrected chi connectivity index (χ1v) is 10.7. The molecular weight excluding hydrogens is 598 g/mol. The van der Waals surface area contributed by atoms with Gasteiger partial charge in [-0.25, -0.2) is 4.79 Å². The van der Waals surface area contributed by atoms with Gasteiger partial charge in [0.1, 0.15) is 0 Å². The van der Waals surface area contributed by atoms with Crippen molar-refractivity contribution < 1.29 is 55.3 Å². The van der Waals surface area contributed by atoms with Gasteiger partial charge in [-0.05, 0) is 30.5 Å². The first-order valence-electron chi connectivity index (χ1n) is 10.7. The Morgan fingerprint density at radius 1 is 0.805 bits per heavy atom. The number of nitrogens with zero attached hydrogens (tertiary/aromatic N) is 2. The minimum absolute atomic E-state index is 0. The van der Waals surface area contributed by atoms with Crippen molar-refractivity contribution in [1.29, 1.82) is 0 Å². The van der Waals surface area contributed by atoms with Crippen LogP contribution in [-0.2, 0) is 32.0 Å². The zero-order valence-electron chi connectivity index (χ0n) is 20.9. The Labute approximate surface area is 233 Å². The molecule has 2 aromatic rings. The number of halogens is 7. The van der Waals surface area contributed by atoms with Gasteiger partial charge in [-0.15, -0.1) is 12.4 Å². The molecule has 2 aromatic carbocycles.